The van der Waals surface area contributed by atoms with Gasteiger partial charge < -0.3 is 5.11 Å². The van der Waals surface area contributed by atoms with E-state index in [0.717, 1.165) is 0 Å². The van der Waals surface area contributed by atoms with E-state index in [1.807, 2.05) is 6.92 Å². The first-order chi connectivity index (χ1) is 3.81. The van der Waals surface area contributed by atoms with Crippen LogP contribution in [0.1, 0.15) is 6.92 Å². The summed E-state index contributed by atoms with van der Waals surface area (Å²) < 4.78 is 0. The summed E-state index contributed by atoms with van der Waals surface area (Å²) in [5, 5.41) is 8.43. The number of hydrogen-bond acceptors (Lipinski definition) is 3. The van der Waals surface area contributed by atoms with Crippen LogP contribution in [0.2, 0.25) is 0 Å². The molecule has 0 aliphatic rings. The van der Waals surface area contributed by atoms with Crippen molar-refractivity contribution in [3.63, 3.8) is 0 Å². The third-order valence-corrected chi connectivity index (χ3v) is 0.782. The second-order valence-corrected chi connectivity index (χ2v) is 1.74. The quantitative estimate of drug-likeness (QED) is 0.425. The van der Waals surface area contributed by atoms with Crippen LogP contribution in [0.15, 0.2) is 0 Å². The van der Waals surface area contributed by atoms with Gasteiger partial charge in [-0.25, -0.2) is 9.78 Å². The Hall–Kier alpha value is -0.120. The molecular weight excluding hydrogens is 108 g/mol. The Bertz CT molecular complexity index is 46.9. The van der Waals surface area contributed by atoms with Crippen LogP contribution < -0.4 is 0 Å². The molecule has 0 radical (unpaired) electrons. The highest BCUT2D eigenvalue weighted by atomic mass is 17.2. The van der Waals surface area contributed by atoms with Gasteiger partial charge in [0.05, 0.1) is 13.7 Å². The largest absolute Gasteiger partial charge is 0.396 e. The van der Waals surface area contributed by atoms with E-state index in [9.17, 15) is 0 Å². The van der Waals surface area contributed by atoms with E-state index in [4.69, 9.17) is 5.11 Å². The Balaban J connectivity index is 2.86. The van der Waals surface area contributed by atoms with Crippen molar-refractivity contribution in [2.24, 2.45) is 5.92 Å². The van der Waals surface area contributed by atoms with Crippen molar-refractivity contribution in [2.45, 2.75) is 6.92 Å². The Kier molecular flexibility index (Phi) is 4.95. The zero-order valence-electron chi connectivity index (χ0n) is 5.26. The number of aliphatic hydroxyl groups excluding tert-OH is 1. The summed E-state index contributed by atoms with van der Waals surface area (Å²) in [4.78, 5) is 8.83. The molecule has 0 heterocycles. The Morgan fingerprint density at radius 1 is 1.62 bits per heavy atom. The third-order valence-electron chi connectivity index (χ3n) is 0.782. The summed E-state index contributed by atoms with van der Waals surface area (Å²) in [6, 6.07) is 0. The molecule has 50 valence electrons. The monoisotopic (exact) mass is 120 g/mol. The normalized spacial score (nSPS) is 13.9. The van der Waals surface area contributed by atoms with Gasteiger partial charge in [-0.3, -0.25) is 0 Å². The van der Waals surface area contributed by atoms with Gasteiger partial charge >= 0.3 is 0 Å². The minimum Gasteiger partial charge on any atom is -0.396 e. The Morgan fingerprint density at radius 2 is 2.25 bits per heavy atom. The van der Waals surface area contributed by atoms with Crippen LogP contribution in [-0.2, 0) is 9.78 Å². The molecule has 0 fully saturated rings. The maximum absolute atomic E-state index is 8.43. The lowest BCUT2D eigenvalue weighted by atomic mass is 10.2. The van der Waals surface area contributed by atoms with Gasteiger partial charge in [-0.15, -0.1) is 0 Å². The molecule has 0 aromatic rings. The molecule has 0 saturated heterocycles. The molecule has 0 unspecified atom stereocenters. The van der Waals surface area contributed by atoms with Crippen molar-refractivity contribution in [3.8, 4) is 0 Å². The Labute approximate surface area is 49.1 Å². The summed E-state index contributed by atoms with van der Waals surface area (Å²) in [5.41, 5.74) is 0. The summed E-state index contributed by atoms with van der Waals surface area (Å²) in [7, 11) is 1.45. The lowest BCUT2D eigenvalue weighted by Gasteiger charge is -2.04. The molecule has 8 heavy (non-hydrogen) atoms. The maximum atomic E-state index is 8.43. The fraction of sp³-hybridized carbons (Fsp3) is 1.00. The zero-order valence-corrected chi connectivity index (χ0v) is 5.26. The number of aliphatic hydroxyl groups is 1. The van der Waals surface area contributed by atoms with Crippen molar-refractivity contribution < 1.29 is 14.9 Å². The molecule has 0 aliphatic heterocycles. The van der Waals surface area contributed by atoms with E-state index < -0.39 is 0 Å². The van der Waals surface area contributed by atoms with Crippen LogP contribution in [0.5, 0.6) is 0 Å². The van der Waals surface area contributed by atoms with Crippen molar-refractivity contribution in [2.75, 3.05) is 20.3 Å². The molecule has 0 rings (SSSR count). The van der Waals surface area contributed by atoms with E-state index in [2.05, 4.69) is 9.78 Å². The summed E-state index contributed by atoms with van der Waals surface area (Å²) in [6.07, 6.45) is 0. The van der Waals surface area contributed by atoms with E-state index in [0.29, 0.717) is 6.61 Å². The minimum atomic E-state index is 0.142. The van der Waals surface area contributed by atoms with Crippen LogP contribution in [0.3, 0.4) is 0 Å². The lowest BCUT2D eigenvalue weighted by molar-refractivity contribution is -0.280. The average Bonchev–Trinajstić information content (AvgIpc) is 1.83. The van der Waals surface area contributed by atoms with Crippen LogP contribution in [0, 0.1) is 5.92 Å². The summed E-state index contributed by atoms with van der Waals surface area (Å²) >= 11 is 0. The van der Waals surface area contributed by atoms with Crippen LogP contribution in [0.25, 0.3) is 0 Å². The smallest absolute Gasteiger partial charge is 0.0869 e. The van der Waals surface area contributed by atoms with Crippen LogP contribution in [0.4, 0.5) is 0 Å². The van der Waals surface area contributed by atoms with Crippen molar-refractivity contribution >= 4 is 0 Å². The van der Waals surface area contributed by atoms with E-state index in [1.165, 1.54) is 7.11 Å². The second kappa shape index (κ2) is 5.03. The summed E-state index contributed by atoms with van der Waals surface area (Å²) in [6.45, 7) is 2.47. The Morgan fingerprint density at radius 3 is 2.62 bits per heavy atom. The van der Waals surface area contributed by atoms with Gasteiger partial charge in [0, 0.05) is 12.5 Å². The van der Waals surface area contributed by atoms with Gasteiger partial charge in [0.1, 0.15) is 0 Å². The number of hydrogen-bond donors (Lipinski definition) is 1. The molecule has 3 heteroatoms. The fourth-order valence-electron chi connectivity index (χ4n) is 0.237. The standard InChI is InChI=1S/C5H12O3/c1-5(3-6)4-8-7-2/h5-6H,3-4H2,1-2H3/t5-/m0/s1. The maximum Gasteiger partial charge on any atom is 0.0869 e. The van der Waals surface area contributed by atoms with E-state index >= 15 is 0 Å². The molecule has 0 aliphatic carbocycles. The molecule has 0 spiro atoms. The molecule has 3 nitrogen and oxygen atoms in total. The van der Waals surface area contributed by atoms with Gasteiger partial charge in [0.2, 0.25) is 0 Å². The number of rotatable bonds is 4. The molecular formula is C5H12O3. The van der Waals surface area contributed by atoms with Gasteiger partial charge in [-0.05, 0) is 0 Å². The predicted molar refractivity (Wildman–Crippen MR) is 29.2 cm³/mol. The zero-order chi connectivity index (χ0) is 6.41. The van der Waals surface area contributed by atoms with Gasteiger partial charge in [0.15, 0.2) is 0 Å². The molecule has 0 saturated carbocycles. The highest BCUT2D eigenvalue weighted by molar-refractivity contribution is 4.42. The highest BCUT2D eigenvalue weighted by Crippen LogP contribution is 1.91. The van der Waals surface area contributed by atoms with Crippen molar-refractivity contribution in [3.05, 3.63) is 0 Å². The van der Waals surface area contributed by atoms with Crippen molar-refractivity contribution in [1.29, 1.82) is 0 Å². The first-order valence-corrected chi connectivity index (χ1v) is 2.57. The molecule has 1 atom stereocenters. The van der Waals surface area contributed by atoms with Crippen LogP contribution in [-0.4, -0.2) is 25.4 Å². The third kappa shape index (κ3) is 4.05. The van der Waals surface area contributed by atoms with Crippen LogP contribution >= 0.6 is 0 Å². The van der Waals surface area contributed by atoms with Gasteiger partial charge in [0.25, 0.3) is 0 Å². The topological polar surface area (TPSA) is 38.7 Å². The highest BCUT2D eigenvalue weighted by Gasteiger charge is 1.97. The molecule has 0 aromatic heterocycles. The SMILES string of the molecule is COOC[C@@H](C)CO. The first kappa shape index (κ1) is 7.88. The first-order valence-electron chi connectivity index (χ1n) is 2.57. The molecule has 1 N–H and O–H groups in total. The summed E-state index contributed by atoms with van der Waals surface area (Å²) in [5.74, 6) is 0.162. The molecule has 0 amide bonds. The lowest BCUT2D eigenvalue weighted by Crippen LogP contribution is -2.08. The molecule has 0 aromatic carbocycles. The van der Waals surface area contributed by atoms with Gasteiger partial charge in [-0.2, -0.15) is 0 Å². The van der Waals surface area contributed by atoms with E-state index in [1.54, 1.807) is 0 Å². The predicted octanol–water partition coefficient (Wildman–Crippen LogP) is 0.193. The fourth-order valence-corrected chi connectivity index (χ4v) is 0.237. The second-order valence-electron chi connectivity index (χ2n) is 1.74. The van der Waals surface area contributed by atoms with E-state index in [-0.39, 0.29) is 12.5 Å². The average molecular weight is 120 g/mol. The van der Waals surface area contributed by atoms with Gasteiger partial charge in [-0.1, -0.05) is 6.92 Å². The molecule has 0 bridgehead atoms. The minimum absolute atomic E-state index is 0.142. The van der Waals surface area contributed by atoms with Crippen molar-refractivity contribution in [1.82, 2.24) is 0 Å².